The van der Waals surface area contributed by atoms with Gasteiger partial charge in [-0.1, -0.05) is 11.6 Å². The summed E-state index contributed by atoms with van der Waals surface area (Å²) in [4.78, 5) is 4.19. The number of anilines is 1. The molecule has 1 heterocycles. The first kappa shape index (κ1) is 15.2. The second kappa shape index (κ2) is 5.69. The van der Waals surface area contributed by atoms with Crippen molar-refractivity contribution in [2.45, 2.75) is 24.8 Å². The van der Waals surface area contributed by atoms with E-state index >= 15 is 0 Å². The smallest absolute Gasteiger partial charge is 0.241 e. The van der Waals surface area contributed by atoms with Gasteiger partial charge in [-0.05, 0) is 31.5 Å². The third-order valence-electron chi connectivity index (χ3n) is 2.72. The maximum atomic E-state index is 12.3. The SMILES string of the molecule is Cc1cc(S(=O)(=O)NC(C)c2nccs2)cc(N)c1Cl. The van der Waals surface area contributed by atoms with Crippen LogP contribution in [0.15, 0.2) is 28.6 Å². The number of rotatable bonds is 4. The van der Waals surface area contributed by atoms with Crippen molar-refractivity contribution in [1.82, 2.24) is 9.71 Å². The monoisotopic (exact) mass is 331 g/mol. The Kier molecular flexibility index (Phi) is 4.33. The molecule has 0 bridgehead atoms. The molecule has 3 N–H and O–H groups in total. The molecule has 0 saturated heterocycles. The van der Waals surface area contributed by atoms with Gasteiger partial charge in [-0.3, -0.25) is 0 Å². The summed E-state index contributed by atoms with van der Waals surface area (Å²) in [7, 11) is -3.67. The van der Waals surface area contributed by atoms with E-state index in [1.807, 2.05) is 0 Å². The average molecular weight is 332 g/mol. The molecule has 0 spiro atoms. The van der Waals surface area contributed by atoms with E-state index in [0.717, 1.165) is 0 Å². The van der Waals surface area contributed by atoms with E-state index in [1.165, 1.54) is 23.5 Å². The molecule has 0 amide bonds. The lowest BCUT2D eigenvalue weighted by atomic mass is 10.2. The minimum absolute atomic E-state index is 0.0975. The number of halogens is 1. The van der Waals surface area contributed by atoms with Crippen LogP contribution in [-0.4, -0.2) is 13.4 Å². The molecule has 2 rings (SSSR count). The highest BCUT2D eigenvalue weighted by Crippen LogP contribution is 2.27. The minimum atomic E-state index is -3.67. The number of nitrogen functional groups attached to an aromatic ring is 1. The normalized spacial score (nSPS) is 13.3. The molecular formula is C12H14ClN3O2S2. The molecule has 1 aromatic carbocycles. The first-order valence-corrected chi connectivity index (χ1v) is 8.52. The van der Waals surface area contributed by atoms with Gasteiger partial charge in [0.2, 0.25) is 10.0 Å². The van der Waals surface area contributed by atoms with E-state index in [9.17, 15) is 8.42 Å². The van der Waals surface area contributed by atoms with Crippen LogP contribution in [0.5, 0.6) is 0 Å². The quantitative estimate of drug-likeness (QED) is 0.843. The number of thiazole rings is 1. The van der Waals surface area contributed by atoms with Crippen molar-refractivity contribution < 1.29 is 8.42 Å². The van der Waals surface area contributed by atoms with E-state index in [1.54, 1.807) is 25.4 Å². The van der Waals surface area contributed by atoms with Crippen molar-refractivity contribution in [1.29, 1.82) is 0 Å². The van der Waals surface area contributed by atoms with Crippen LogP contribution in [0.3, 0.4) is 0 Å². The number of nitrogens with zero attached hydrogens (tertiary/aromatic N) is 1. The lowest BCUT2D eigenvalue weighted by Gasteiger charge is -2.13. The third-order valence-corrected chi connectivity index (χ3v) is 5.71. The van der Waals surface area contributed by atoms with Crippen LogP contribution >= 0.6 is 22.9 Å². The number of aryl methyl sites for hydroxylation is 1. The Balaban J connectivity index is 2.31. The third kappa shape index (κ3) is 3.12. The van der Waals surface area contributed by atoms with E-state index in [-0.39, 0.29) is 10.6 Å². The lowest BCUT2D eigenvalue weighted by molar-refractivity contribution is 0.566. The predicted octanol–water partition coefficient (Wildman–Crippen LogP) is 2.73. The Morgan fingerprint density at radius 2 is 2.15 bits per heavy atom. The van der Waals surface area contributed by atoms with Crippen LogP contribution in [0.2, 0.25) is 5.02 Å². The second-order valence-corrected chi connectivity index (χ2v) is 7.37. The summed E-state index contributed by atoms with van der Waals surface area (Å²) < 4.78 is 27.2. The van der Waals surface area contributed by atoms with Crippen LogP contribution in [-0.2, 0) is 10.0 Å². The number of hydrogen-bond donors (Lipinski definition) is 2. The molecule has 1 aromatic heterocycles. The maximum absolute atomic E-state index is 12.3. The minimum Gasteiger partial charge on any atom is -0.397 e. The second-order valence-electron chi connectivity index (χ2n) is 4.36. The molecule has 2 aromatic rings. The Labute approximate surface area is 126 Å². The molecule has 1 atom stereocenters. The maximum Gasteiger partial charge on any atom is 0.241 e. The largest absolute Gasteiger partial charge is 0.397 e. The fraction of sp³-hybridized carbons (Fsp3) is 0.250. The molecule has 1 unspecified atom stereocenters. The van der Waals surface area contributed by atoms with Gasteiger partial charge in [-0.25, -0.2) is 18.1 Å². The number of benzene rings is 1. The standard InChI is InChI=1S/C12H14ClN3O2S2/c1-7-5-9(6-10(14)11(7)13)20(17,18)16-8(2)12-15-3-4-19-12/h3-6,8,16H,14H2,1-2H3. The molecule has 108 valence electrons. The summed E-state index contributed by atoms with van der Waals surface area (Å²) in [6, 6.07) is 2.44. The van der Waals surface area contributed by atoms with Crippen LogP contribution in [0.1, 0.15) is 23.5 Å². The molecule has 0 radical (unpaired) electrons. The zero-order valence-electron chi connectivity index (χ0n) is 10.9. The predicted molar refractivity (Wildman–Crippen MR) is 81.5 cm³/mol. The summed E-state index contributed by atoms with van der Waals surface area (Å²) in [6.07, 6.45) is 1.63. The highest BCUT2D eigenvalue weighted by molar-refractivity contribution is 7.89. The molecule has 20 heavy (non-hydrogen) atoms. The number of aromatic nitrogens is 1. The average Bonchev–Trinajstić information content (AvgIpc) is 2.88. The van der Waals surface area contributed by atoms with Gasteiger partial charge in [0, 0.05) is 11.6 Å². The molecule has 0 aliphatic heterocycles. The molecule has 5 nitrogen and oxygen atoms in total. The molecule has 0 saturated carbocycles. The number of hydrogen-bond acceptors (Lipinski definition) is 5. The first-order valence-electron chi connectivity index (χ1n) is 5.78. The van der Waals surface area contributed by atoms with Crippen LogP contribution < -0.4 is 10.5 Å². The van der Waals surface area contributed by atoms with E-state index in [2.05, 4.69) is 9.71 Å². The van der Waals surface area contributed by atoms with Crippen molar-refractivity contribution >= 4 is 38.6 Å². The van der Waals surface area contributed by atoms with Crippen molar-refractivity contribution in [3.8, 4) is 0 Å². The fourth-order valence-electron chi connectivity index (χ4n) is 1.72. The lowest BCUT2D eigenvalue weighted by Crippen LogP contribution is -2.27. The summed E-state index contributed by atoms with van der Waals surface area (Å²) in [6.45, 7) is 3.45. The van der Waals surface area contributed by atoms with Gasteiger partial charge >= 0.3 is 0 Å². The van der Waals surface area contributed by atoms with E-state index in [4.69, 9.17) is 17.3 Å². The van der Waals surface area contributed by atoms with Gasteiger partial charge in [-0.15, -0.1) is 11.3 Å². The summed E-state index contributed by atoms with van der Waals surface area (Å²) >= 11 is 7.33. The number of nitrogens with one attached hydrogen (secondary N) is 1. The Morgan fingerprint density at radius 1 is 1.45 bits per heavy atom. The Morgan fingerprint density at radius 3 is 2.70 bits per heavy atom. The molecule has 0 aliphatic rings. The van der Waals surface area contributed by atoms with Crippen LogP contribution in [0.25, 0.3) is 0 Å². The van der Waals surface area contributed by atoms with E-state index < -0.39 is 16.1 Å². The van der Waals surface area contributed by atoms with Crippen LogP contribution in [0.4, 0.5) is 5.69 Å². The van der Waals surface area contributed by atoms with Crippen molar-refractivity contribution in [3.05, 3.63) is 39.3 Å². The van der Waals surface area contributed by atoms with Crippen molar-refractivity contribution in [2.24, 2.45) is 0 Å². The summed E-state index contributed by atoms with van der Waals surface area (Å²) in [5.74, 6) is 0. The van der Waals surface area contributed by atoms with Gasteiger partial charge < -0.3 is 5.73 Å². The molecule has 8 heteroatoms. The van der Waals surface area contributed by atoms with Gasteiger partial charge in [-0.2, -0.15) is 0 Å². The highest BCUT2D eigenvalue weighted by atomic mass is 35.5. The Bertz CT molecular complexity index is 691. The Hall–Kier alpha value is -1.15. The highest BCUT2D eigenvalue weighted by Gasteiger charge is 2.21. The van der Waals surface area contributed by atoms with Crippen molar-refractivity contribution in [2.75, 3.05) is 5.73 Å². The van der Waals surface area contributed by atoms with Crippen molar-refractivity contribution in [3.63, 3.8) is 0 Å². The zero-order chi connectivity index (χ0) is 14.9. The van der Waals surface area contributed by atoms with Crippen LogP contribution in [0, 0.1) is 6.92 Å². The van der Waals surface area contributed by atoms with Gasteiger partial charge in [0.05, 0.1) is 21.6 Å². The summed E-state index contributed by atoms with van der Waals surface area (Å²) in [5, 5.41) is 2.87. The fourth-order valence-corrected chi connectivity index (χ4v) is 3.87. The topological polar surface area (TPSA) is 85.1 Å². The van der Waals surface area contributed by atoms with Gasteiger partial charge in [0.1, 0.15) is 5.01 Å². The molecule has 0 fully saturated rings. The first-order chi connectivity index (χ1) is 9.31. The number of nitrogens with two attached hydrogens (primary N) is 1. The van der Waals surface area contributed by atoms with Gasteiger partial charge in [0.15, 0.2) is 0 Å². The molecule has 0 aliphatic carbocycles. The van der Waals surface area contributed by atoms with Gasteiger partial charge in [0.25, 0.3) is 0 Å². The summed E-state index contributed by atoms with van der Waals surface area (Å²) in [5.41, 5.74) is 6.57. The molecular weight excluding hydrogens is 318 g/mol. The zero-order valence-corrected chi connectivity index (χ0v) is 13.3. The van der Waals surface area contributed by atoms with E-state index in [0.29, 0.717) is 15.6 Å². The number of sulfonamides is 1.